The summed E-state index contributed by atoms with van der Waals surface area (Å²) in [6.45, 7) is -4.23. The molecule has 1 aliphatic rings. The molecule has 2 N–H and O–H groups in total. The summed E-state index contributed by atoms with van der Waals surface area (Å²) in [6.07, 6.45) is 9.63. The highest BCUT2D eigenvalue weighted by Gasteiger charge is 2.28. The topological polar surface area (TPSA) is 76.0 Å². The minimum Gasteiger partial charge on any atom is -0.434 e. The highest BCUT2D eigenvalue weighted by atomic mass is 35.5. The van der Waals surface area contributed by atoms with Crippen LogP contribution in [0, 0.1) is 5.82 Å². The molecule has 4 aromatic rings. The summed E-state index contributed by atoms with van der Waals surface area (Å²) in [7, 11) is 0. The molecule has 3 aromatic heterocycles. The Kier molecular flexibility index (Phi) is 6.90. The lowest BCUT2D eigenvalue weighted by molar-refractivity contribution is -0.0506. The monoisotopic (exact) mass is 522 g/mol. The first-order chi connectivity index (χ1) is 17.4. The minimum absolute atomic E-state index is 0.195. The van der Waals surface area contributed by atoms with Gasteiger partial charge in [-0.2, -0.15) is 13.9 Å². The van der Waals surface area contributed by atoms with Crippen LogP contribution in [0.2, 0.25) is 5.02 Å². The summed E-state index contributed by atoms with van der Waals surface area (Å²) in [5.74, 6) is -2.44. The highest BCUT2D eigenvalue weighted by molar-refractivity contribution is 6.31. The van der Waals surface area contributed by atoms with Gasteiger partial charge in [-0.3, -0.25) is 9.07 Å². The third-order valence-electron chi connectivity index (χ3n) is 6.73. The number of hydrogen-bond acceptors (Lipinski definition) is 4. The van der Waals surface area contributed by atoms with Gasteiger partial charge in [0.25, 0.3) is 0 Å². The van der Waals surface area contributed by atoms with Crippen molar-refractivity contribution in [3.05, 3.63) is 65.0 Å². The fraction of sp³-hybridized carbons (Fsp3) is 0.360. The quantitative estimate of drug-likeness (QED) is 0.275. The van der Waals surface area contributed by atoms with E-state index in [0.29, 0.717) is 16.6 Å². The van der Waals surface area contributed by atoms with Crippen LogP contribution in [-0.2, 0) is 0 Å². The molecule has 6 nitrogen and oxygen atoms in total. The molecule has 1 atom stereocenters. The molecule has 190 valence electrons. The Morgan fingerprint density at radius 1 is 1.17 bits per heavy atom. The minimum atomic E-state index is -3.19. The van der Waals surface area contributed by atoms with Gasteiger partial charge >= 0.3 is 6.61 Å². The Morgan fingerprint density at radius 3 is 2.67 bits per heavy atom. The van der Waals surface area contributed by atoms with Crippen LogP contribution in [0.4, 0.5) is 17.6 Å². The van der Waals surface area contributed by atoms with E-state index in [1.165, 1.54) is 6.20 Å². The second-order valence-corrected chi connectivity index (χ2v) is 9.27. The van der Waals surface area contributed by atoms with E-state index in [4.69, 9.17) is 11.6 Å². The van der Waals surface area contributed by atoms with Gasteiger partial charge in [0.15, 0.2) is 0 Å². The average Bonchev–Trinajstić information content (AvgIpc) is 3.51. The van der Waals surface area contributed by atoms with Crippen LogP contribution < -0.4 is 4.74 Å². The molecule has 3 heterocycles. The predicted octanol–water partition coefficient (Wildman–Crippen LogP) is 6.40. The van der Waals surface area contributed by atoms with E-state index in [-0.39, 0.29) is 17.7 Å². The zero-order valence-electron chi connectivity index (χ0n) is 19.0. The Bertz CT molecular complexity index is 1370. The van der Waals surface area contributed by atoms with Gasteiger partial charge in [0.05, 0.1) is 23.4 Å². The average molecular weight is 523 g/mol. The van der Waals surface area contributed by atoms with E-state index in [1.54, 1.807) is 18.5 Å². The summed E-state index contributed by atoms with van der Waals surface area (Å²) in [5.41, 5.74) is 2.15. The standard InChI is InChI=1S/C25H23ClF4N4O2/c26-23-20(28)5-6-21(36-25(29)30)22(23)18(8-27)19-11-32-24-17(19)7-13(9-31-24)14-10-33-34(12-14)15-1-3-16(35)4-2-15/h5-7,9-12,15-16,18,25,35H,1-4,8H2,(H,31,32)/t15-,16-,18-/m0/s1. The van der Waals surface area contributed by atoms with E-state index < -0.39 is 35.8 Å². The number of nitrogens with one attached hydrogen (secondary N) is 1. The molecule has 0 saturated heterocycles. The normalized spacial score (nSPS) is 19.2. The number of halogens is 5. The molecule has 11 heteroatoms. The SMILES string of the molecule is O[C@H]1CC[C@H](n2cc(-c3cnc4[nH]cc([C@H](CF)c5c(OC(F)F)ccc(F)c5Cl)c4c3)cn2)CC1. The number of aliphatic hydroxyl groups is 1. The maximum atomic E-state index is 14.4. The van der Waals surface area contributed by atoms with Crippen molar-refractivity contribution in [2.75, 3.05) is 6.67 Å². The largest absolute Gasteiger partial charge is 0.434 e. The van der Waals surface area contributed by atoms with Crippen LogP contribution in [0.15, 0.2) is 43.0 Å². The maximum Gasteiger partial charge on any atom is 0.387 e. The van der Waals surface area contributed by atoms with Crippen LogP contribution in [0.5, 0.6) is 5.75 Å². The predicted molar refractivity (Wildman–Crippen MR) is 127 cm³/mol. The van der Waals surface area contributed by atoms with Crippen molar-refractivity contribution >= 4 is 22.6 Å². The molecule has 1 saturated carbocycles. The number of aliphatic hydroxyl groups excluding tert-OH is 1. The van der Waals surface area contributed by atoms with Crippen LogP contribution >= 0.6 is 11.6 Å². The summed E-state index contributed by atoms with van der Waals surface area (Å²) in [5, 5.41) is 14.3. The van der Waals surface area contributed by atoms with E-state index in [1.807, 2.05) is 10.9 Å². The van der Waals surface area contributed by atoms with Crippen molar-refractivity contribution in [3.8, 4) is 16.9 Å². The van der Waals surface area contributed by atoms with E-state index in [2.05, 4.69) is 19.8 Å². The van der Waals surface area contributed by atoms with Crippen LogP contribution in [0.25, 0.3) is 22.2 Å². The van der Waals surface area contributed by atoms with E-state index in [9.17, 15) is 22.7 Å². The number of hydrogen-bond donors (Lipinski definition) is 2. The second-order valence-electron chi connectivity index (χ2n) is 8.89. The van der Waals surface area contributed by atoms with Crippen LogP contribution in [-0.4, -0.2) is 44.2 Å². The molecule has 1 aliphatic carbocycles. The number of fused-ring (bicyclic) bond motifs is 1. The second kappa shape index (κ2) is 10.1. The molecule has 0 spiro atoms. The highest BCUT2D eigenvalue weighted by Crippen LogP contribution is 2.42. The number of rotatable bonds is 7. The fourth-order valence-corrected chi connectivity index (χ4v) is 5.16. The third-order valence-corrected chi connectivity index (χ3v) is 7.11. The van der Waals surface area contributed by atoms with Crippen LogP contribution in [0.3, 0.4) is 0 Å². The molecule has 36 heavy (non-hydrogen) atoms. The van der Waals surface area contributed by atoms with Crippen molar-refractivity contribution < 1.29 is 27.4 Å². The molecule has 1 aromatic carbocycles. The van der Waals surface area contributed by atoms with E-state index >= 15 is 0 Å². The van der Waals surface area contributed by atoms with Crippen molar-refractivity contribution in [3.63, 3.8) is 0 Å². The van der Waals surface area contributed by atoms with Crippen LogP contribution in [0.1, 0.15) is 48.8 Å². The molecule has 0 bridgehead atoms. The Balaban J connectivity index is 1.53. The van der Waals surface area contributed by atoms with Gasteiger partial charge in [-0.15, -0.1) is 0 Å². The Morgan fingerprint density at radius 2 is 1.94 bits per heavy atom. The molecule has 0 aliphatic heterocycles. The number of nitrogens with zero attached hydrogens (tertiary/aromatic N) is 3. The Labute approximate surface area is 208 Å². The molecule has 0 unspecified atom stereocenters. The molecule has 1 fully saturated rings. The third kappa shape index (κ3) is 4.67. The van der Waals surface area contributed by atoms with Gasteiger partial charge in [0.2, 0.25) is 0 Å². The van der Waals surface area contributed by atoms with Gasteiger partial charge in [-0.25, -0.2) is 9.37 Å². The Hall–Kier alpha value is -3.11. The maximum absolute atomic E-state index is 14.4. The number of aromatic nitrogens is 4. The number of aromatic amines is 1. The lowest BCUT2D eigenvalue weighted by atomic mass is 9.91. The molecular weight excluding hydrogens is 500 g/mol. The lowest BCUT2D eigenvalue weighted by Crippen LogP contribution is -2.21. The number of benzene rings is 1. The van der Waals surface area contributed by atoms with Crippen molar-refractivity contribution in [1.82, 2.24) is 19.7 Å². The van der Waals surface area contributed by atoms with E-state index in [0.717, 1.165) is 48.9 Å². The van der Waals surface area contributed by atoms with Crippen molar-refractivity contribution in [2.45, 2.75) is 50.4 Å². The number of H-pyrrole nitrogens is 1. The first kappa shape index (κ1) is 24.6. The van der Waals surface area contributed by atoms with Gasteiger partial charge in [0.1, 0.15) is 23.9 Å². The molecule has 0 radical (unpaired) electrons. The summed E-state index contributed by atoms with van der Waals surface area (Å²) < 4.78 is 61.1. The summed E-state index contributed by atoms with van der Waals surface area (Å²) in [4.78, 5) is 7.38. The summed E-state index contributed by atoms with van der Waals surface area (Å²) >= 11 is 6.12. The smallest absolute Gasteiger partial charge is 0.387 e. The zero-order valence-corrected chi connectivity index (χ0v) is 19.7. The van der Waals surface area contributed by atoms with Crippen molar-refractivity contribution in [2.24, 2.45) is 0 Å². The van der Waals surface area contributed by atoms with Crippen molar-refractivity contribution in [1.29, 1.82) is 0 Å². The molecule has 0 amide bonds. The number of alkyl halides is 3. The summed E-state index contributed by atoms with van der Waals surface area (Å²) in [6, 6.07) is 3.91. The van der Waals surface area contributed by atoms with Gasteiger partial charge in [0, 0.05) is 46.6 Å². The first-order valence-corrected chi connectivity index (χ1v) is 11.9. The van der Waals surface area contributed by atoms with Gasteiger partial charge in [-0.1, -0.05) is 11.6 Å². The first-order valence-electron chi connectivity index (χ1n) is 11.5. The number of pyridine rings is 1. The zero-order chi connectivity index (χ0) is 25.4. The van der Waals surface area contributed by atoms with Gasteiger partial charge < -0.3 is 14.8 Å². The van der Waals surface area contributed by atoms with Gasteiger partial charge in [-0.05, 0) is 49.4 Å². The number of ether oxygens (including phenoxy) is 1. The molecule has 5 rings (SSSR count). The fourth-order valence-electron chi connectivity index (χ4n) is 4.87. The lowest BCUT2D eigenvalue weighted by Gasteiger charge is -2.25. The molecular formula is C25H23ClF4N4O2.